The van der Waals surface area contributed by atoms with Crippen LogP contribution in [0.5, 0.6) is 0 Å². The summed E-state index contributed by atoms with van der Waals surface area (Å²) in [6.45, 7) is 1.15. The fourth-order valence-corrected chi connectivity index (χ4v) is 5.21. The fourth-order valence-electron chi connectivity index (χ4n) is 4.00. The van der Waals surface area contributed by atoms with E-state index in [-0.39, 0.29) is 36.3 Å². The van der Waals surface area contributed by atoms with Crippen molar-refractivity contribution in [1.82, 2.24) is 9.88 Å². The molecule has 6 nitrogen and oxygen atoms in total. The Bertz CT molecular complexity index is 961. The first-order chi connectivity index (χ1) is 13.4. The molecule has 1 aromatic heterocycles. The van der Waals surface area contributed by atoms with Crippen LogP contribution in [0.2, 0.25) is 0 Å². The van der Waals surface area contributed by atoms with Crippen LogP contribution in [0.15, 0.2) is 48.7 Å². The monoisotopic (exact) mass is 403 g/mol. The van der Waals surface area contributed by atoms with Gasteiger partial charge in [-0.3, -0.25) is 4.79 Å². The van der Waals surface area contributed by atoms with Gasteiger partial charge >= 0.3 is 0 Å². The molecule has 0 saturated carbocycles. The Kier molecular flexibility index (Phi) is 4.82. The van der Waals surface area contributed by atoms with Gasteiger partial charge in [-0.2, -0.15) is 0 Å². The summed E-state index contributed by atoms with van der Waals surface area (Å²) in [5.41, 5.74) is 0.327. The van der Waals surface area contributed by atoms with Crippen molar-refractivity contribution in [1.29, 1.82) is 0 Å². The number of sulfone groups is 1. The predicted molar refractivity (Wildman–Crippen MR) is 104 cm³/mol. The molecule has 0 N–H and O–H groups in total. The lowest BCUT2D eigenvalue weighted by Gasteiger charge is -2.51. The largest absolute Gasteiger partial charge is 0.352 e. The van der Waals surface area contributed by atoms with Gasteiger partial charge < -0.3 is 9.80 Å². The van der Waals surface area contributed by atoms with Gasteiger partial charge in [-0.25, -0.2) is 17.8 Å². The molecule has 2 saturated heterocycles. The van der Waals surface area contributed by atoms with Crippen molar-refractivity contribution < 1.29 is 17.6 Å². The highest BCUT2D eigenvalue weighted by atomic mass is 32.2. The Labute approximate surface area is 163 Å². The van der Waals surface area contributed by atoms with Crippen molar-refractivity contribution >= 4 is 21.6 Å². The third kappa shape index (κ3) is 3.61. The fraction of sp³-hybridized carbons (Fsp3) is 0.400. The van der Waals surface area contributed by atoms with Crippen LogP contribution < -0.4 is 4.90 Å². The number of carbonyl (C=O) groups excluding carboxylic acids is 1. The number of nitrogens with zero attached hydrogens (tertiary/aromatic N) is 3. The molecule has 8 heteroatoms. The Morgan fingerprint density at radius 2 is 1.75 bits per heavy atom. The number of amides is 1. The number of pyridine rings is 1. The van der Waals surface area contributed by atoms with E-state index in [1.165, 1.54) is 18.3 Å². The van der Waals surface area contributed by atoms with Crippen LogP contribution in [0.4, 0.5) is 10.2 Å². The molecule has 4 rings (SSSR count). The van der Waals surface area contributed by atoms with Crippen molar-refractivity contribution in [2.75, 3.05) is 42.6 Å². The minimum Gasteiger partial charge on any atom is -0.352 e. The molecular weight excluding hydrogens is 381 g/mol. The van der Waals surface area contributed by atoms with Crippen molar-refractivity contribution in [3.63, 3.8) is 0 Å². The second-order valence-corrected chi connectivity index (χ2v) is 9.86. The van der Waals surface area contributed by atoms with Crippen LogP contribution in [0, 0.1) is 11.2 Å². The van der Waals surface area contributed by atoms with Crippen LogP contribution in [0.25, 0.3) is 0 Å². The second kappa shape index (κ2) is 7.16. The Morgan fingerprint density at radius 1 is 1.07 bits per heavy atom. The summed E-state index contributed by atoms with van der Waals surface area (Å²) in [4.78, 5) is 20.9. The summed E-state index contributed by atoms with van der Waals surface area (Å²) < 4.78 is 37.6. The van der Waals surface area contributed by atoms with E-state index in [0.29, 0.717) is 19.5 Å². The molecule has 2 aliphatic heterocycles. The van der Waals surface area contributed by atoms with Crippen molar-refractivity contribution in [2.45, 2.75) is 6.42 Å². The number of anilines is 1. The SMILES string of the molecule is O=C(N1CCS(=O)(=O)CC1)C1(Cc2ccccc2)CN(c2ncccc2F)C1. The highest BCUT2D eigenvalue weighted by Crippen LogP contribution is 2.39. The summed E-state index contributed by atoms with van der Waals surface area (Å²) in [6, 6.07) is 12.6. The zero-order valence-electron chi connectivity index (χ0n) is 15.4. The maximum Gasteiger partial charge on any atom is 0.232 e. The van der Waals surface area contributed by atoms with Gasteiger partial charge in [-0.1, -0.05) is 30.3 Å². The number of carbonyl (C=O) groups is 1. The highest BCUT2D eigenvalue weighted by molar-refractivity contribution is 7.91. The lowest BCUT2D eigenvalue weighted by Crippen LogP contribution is -2.66. The summed E-state index contributed by atoms with van der Waals surface area (Å²) in [6.07, 6.45) is 2.06. The van der Waals surface area contributed by atoms with E-state index >= 15 is 0 Å². The average molecular weight is 403 g/mol. The second-order valence-electron chi connectivity index (χ2n) is 7.55. The molecule has 1 aromatic carbocycles. The number of benzene rings is 1. The van der Waals surface area contributed by atoms with E-state index in [9.17, 15) is 17.6 Å². The molecular formula is C20H22FN3O3S. The first kappa shape index (κ1) is 18.9. The number of hydrogen-bond acceptors (Lipinski definition) is 5. The number of aromatic nitrogens is 1. The topological polar surface area (TPSA) is 70.6 Å². The summed E-state index contributed by atoms with van der Waals surface area (Å²) in [5.74, 6) is -0.219. The van der Waals surface area contributed by atoms with Crippen LogP contribution in [0.3, 0.4) is 0 Å². The Hall–Kier alpha value is -2.48. The van der Waals surface area contributed by atoms with E-state index in [0.717, 1.165) is 5.56 Å². The molecule has 0 aliphatic carbocycles. The van der Waals surface area contributed by atoms with Crippen molar-refractivity contribution in [3.05, 3.63) is 60.0 Å². The summed E-state index contributed by atoms with van der Waals surface area (Å²) >= 11 is 0. The minimum absolute atomic E-state index is 0.00125. The maximum absolute atomic E-state index is 14.1. The third-order valence-corrected chi connectivity index (χ3v) is 7.11. The molecule has 1 amide bonds. The van der Waals surface area contributed by atoms with Gasteiger partial charge in [0.05, 0.1) is 16.9 Å². The first-order valence-corrected chi connectivity index (χ1v) is 11.1. The van der Waals surface area contributed by atoms with Crippen molar-refractivity contribution in [3.8, 4) is 0 Å². The molecule has 2 aromatic rings. The molecule has 0 spiro atoms. The molecule has 0 radical (unpaired) electrons. The van der Waals surface area contributed by atoms with E-state index in [1.807, 2.05) is 30.3 Å². The highest BCUT2D eigenvalue weighted by Gasteiger charge is 2.52. The van der Waals surface area contributed by atoms with Gasteiger partial charge in [0.15, 0.2) is 21.5 Å². The lowest BCUT2D eigenvalue weighted by atomic mass is 9.73. The van der Waals surface area contributed by atoms with Gasteiger partial charge in [0.2, 0.25) is 5.91 Å². The van der Waals surface area contributed by atoms with E-state index in [1.54, 1.807) is 9.80 Å². The summed E-state index contributed by atoms with van der Waals surface area (Å²) in [5, 5.41) is 0. The molecule has 2 fully saturated rings. The Morgan fingerprint density at radius 3 is 2.39 bits per heavy atom. The number of halogens is 1. The first-order valence-electron chi connectivity index (χ1n) is 9.28. The van der Waals surface area contributed by atoms with Gasteiger partial charge in [-0.15, -0.1) is 0 Å². The lowest BCUT2D eigenvalue weighted by molar-refractivity contribution is -0.143. The molecule has 0 unspecified atom stereocenters. The van der Waals surface area contributed by atoms with E-state index in [2.05, 4.69) is 4.98 Å². The average Bonchev–Trinajstić information content (AvgIpc) is 2.65. The molecule has 148 valence electrons. The molecule has 0 atom stereocenters. The zero-order valence-corrected chi connectivity index (χ0v) is 16.2. The van der Waals surface area contributed by atoms with E-state index in [4.69, 9.17) is 0 Å². The van der Waals surface area contributed by atoms with Crippen LogP contribution >= 0.6 is 0 Å². The van der Waals surface area contributed by atoms with Crippen molar-refractivity contribution in [2.24, 2.45) is 5.41 Å². The Balaban J connectivity index is 1.57. The van der Waals surface area contributed by atoms with Gasteiger partial charge in [0, 0.05) is 32.4 Å². The predicted octanol–water partition coefficient (Wildman–Crippen LogP) is 1.53. The number of hydrogen-bond donors (Lipinski definition) is 0. The molecule has 0 bridgehead atoms. The normalized spacial score (nSPS) is 20.5. The van der Waals surface area contributed by atoms with Gasteiger partial charge in [-0.05, 0) is 24.1 Å². The smallest absolute Gasteiger partial charge is 0.232 e. The standard InChI is InChI=1S/C20H22FN3O3S/c21-17-7-4-8-22-18(17)24-14-20(15-24,13-16-5-2-1-3-6-16)19(25)23-9-11-28(26,27)12-10-23/h1-8H,9-15H2. The minimum atomic E-state index is -3.07. The molecule has 2 aliphatic rings. The van der Waals surface area contributed by atoms with E-state index < -0.39 is 21.1 Å². The maximum atomic E-state index is 14.1. The number of rotatable bonds is 4. The quantitative estimate of drug-likeness (QED) is 0.774. The van der Waals surface area contributed by atoms with Crippen LogP contribution in [-0.4, -0.2) is 61.9 Å². The summed E-state index contributed by atoms with van der Waals surface area (Å²) in [7, 11) is -3.07. The molecule has 28 heavy (non-hydrogen) atoms. The van der Waals surface area contributed by atoms with Crippen LogP contribution in [-0.2, 0) is 21.1 Å². The zero-order chi connectivity index (χ0) is 19.8. The molecule has 3 heterocycles. The van der Waals surface area contributed by atoms with Gasteiger partial charge in [0.25, 0.3) is 0 Å². The van der Waals surface area contributed by atoms with Gasteiger partial charge in [0.1, 0.15) is 0 Å². The third-order valence-electron chi connectivity index (χ3n) is 5.50. The van der Waals surface area contributed by atoms with Crippen LogP contribution in [0.1, 0.15) is 5.56 Å².